The predicted molar refractivity (Wildman–Crippen MR) is 94.0 cm³/mol. The number of nitrogens with zero attached hydrogens (tertiary/aromatic N) is 3. The van der Waals surface area contributed by atoms with Crippen molar-refractivity contribution < 1.29 is 13.2 Å². The molecular weight excluding hydrogens is 342 g/mol. The van der Waals surface area contributed by atoms with Gasteiger partial charge in [-0.05, 0) is 12.1 Å². The van der Waals surface area contributed by atoms with Crippen molar-refractivity contribution in [3.8, 4) is 12.3 Å². The normalized spacial score (nSPS) is 14.8. The maximum Gasteiger partial charge on any atom is 0.244 e. The van der Waals surface area contributed by atoms with E-state index in [0.29, 0.717) is 24.9 Å². The second-order valence-corrected chi connectivity index (χ2v) is 7.96. The zero-order valence-corrected chi connectivity index (χ0v) is 15.0. The molecule has 1 aliphatic heterocycles. The summed E-state index contributed by atoms with van der Waals surface area (Å²) in [7, 11) is -0.726. The van der Waals surface area contributed by atoms with Crippen LogP contribution in [-0.4, -0.2) is 38.4 Å². The van der Waals surface area contributed by atoms with Crippen molar-refractivity contribution in [1.29, 1.82) is 0 Å². The second kappa shape index (κ2) is 7.63. The molecule has 0 aliphatic carbocycles. The van der Waals surface area contributed by atoms with Gasteiger partial charge in [0, 0.05) is 39.8 Å². The molecule has 1 amide bonds. The van der Waals surface area contributed by atoms with Crippen molar-refractivity contribution in [3.05, 3.63) is 24.3 Å². The number of para-hydroxylation sites is 1. The number of hydrazine groups is 1. The number of anilines is 1. The van der Waals surface area contributed by atoms with Gasteiger partial charge >= 0.3 is 0 Å². The Morgan fingerprint density at radius 2 is 1.96 bits per heavy atom. The van der Waals surface area contributed by atoms with Gasteiger partial charge in [-0.1, -0.05) is 12.1 Å². The SMILES string of the molecule is C#CCCC1(CCC(=O)NNc2ccccc2S(=O)(=O)N(C)C)N=N1. The predicted octanol–water partition coefficient (Wildman–Crippen LogP) is 1.74. The van der Waals surface area contributed by atoms with Crippen LogP contribution in [0.5, 0.6) is 0 Å². The highest BCUT2D eigenvalue weighted by Gasteiger charge is 2.39. The fourth-order valence-corrected chi connectivity index (χ4v) is 3.21. The van der Waals surface area contributed by atoms with E-state index in [-0.39, 0.29) is 17.2 Å². The fraction of sp³-hybridized carbons (Fsp3) is 0.438. The average molecular weight is 363 g/mol. The average Bonchev–Trinajstić information content (AvgIpc) is 3.37. The number of rotatable bonds is 9. The van der Waals surface area contributed by atoms with Crippen LogP contribution in [0.1, 0.15) is 25.7 Å². The number of hydrogen-bond donors (Lipinski definition) is 2. The molecule has 0 aromatic heterocycles. The molecule has 0 saturated heterocycles. The van der Waals surface area contributed by atoms with Gasteiger partial charge in [0.15, 0.2) is 5.66 Å². The smallest absolute Gasteiger partial charge is 0.244 e. The molecule has 0 atom stereocenters. The van der Waals surface area contributed by atoms with Gasteiger partial charge in [0.05, 0.1) is 5.69 Å². The molecule has 0 fully saturated rings. The number of sulfonamides is 1. The van der Waals surface area contributed by atoms with E-state index in [0.717, 1.165) is 4.31 Å². The fourth-order valence-electron chi connectivity index (χ4n) is 2.17. The minimum Gasteiger partial charge on any atom is -0.297 e. The summed E-state index contributed by atoms with van der Waals surface area (Å²) in [6.45, 7) is 0. The number of carbonyl (C=O) groups is 1. The molecule has 0 radical (unpaired) electrons. The molecule has 2 N–H and O–H groups in total. The molecule has 134 valence electrons. The van der Waals surface area contributed by atoms with Crippen LogP contribution in [0.15, 0.2) is 39.4 Å². The van der Waals surface area contributed by atoms with Crippen LogP contribution in [-0.2, 0) is 14.8 Å². The van der Waals surface area contributed by atoms with Crippen molar-refractivity contribution in [2.24, 2.45) is 10.2 Å². The first-order valence-electron chi connectivity index (χ1n) is 7.75. The zero-order chi connectivity index (χ0) is 18.5. The van der Waals surface area contributed by atoms with Crippen LogP contribution >= 0.6 is 0 Å². The molecule has 0 unspecified atom stereocenters. The van der Waals surface area contributed by atoms with Crippen molar-refractivity contribution in [2.45, 2.75) is 36.2 Å². The number of carbonyl (C=O) groups excluding carboxylic acids is 1. The van der Waals surface area contributed by atoms with Crippen LogP contribution in [0, 0.1) is 12.3 Å². The maximum absolute atomic E-state index is 12.3. The van der Waals surface area contributed by atoms with Gasteiger partial charge < -0.3 is 0 Å². The Labute approximate surface area is 147 Å². The van der Waals surface area contributed by atoms with Crippen LogP contribution in [0.3, 0.4) is 0 Å². The Hall–Kier alpha value is -2.44. The lowest BCUT2D eigenvalue weighted by atomic mass is 10.0. The third kappa shape index (κ3) is 4.78. The first-order valence-corrected chi connectivity index (χ1v) is 9.19. The summed E-state index contributed by atoms with van der Waals surface area (Å²) in [5, 5.41) is 7.94. The van der Waals surface area contributed by atoms with E-state index in [2.05, 4.69) is 27.0 Å². The van der Waals surface area contributed by atoms with Gasteiger partial charge in [-0.2, -0.15) is 10.2 Å². The number of benzene rings is 1. The lowest BCUT2D eigenvalue weighted by molar-refractivity contribution is -0.120. The van der Waals surface area contributed by atoms with E-state index in [1.807, 2.05) is 0 Å². The third-order valence-corrected chi connectivity index (χ3v) is 5.66. The summed E-state index contributed by atoms with van der Waals surface area (Å²) in [6, 6.07) is 6.35. The molecule has 1 heterocycles. The van der Waals surface area contributed by atoms with Gasteiger partial charge in [0.2, 0.25) is 15.9 Å². The Morgan fingerprint density at radius 1 is 1.28 bits per heavy atom. The molecule has 1 aliphatic rings. The van der Waals surface area contributed by atoms with E-state index in [1.165, 1.54) is 20.2 Å². The van der Waals surface area contributed by atoms with Crippen LogP contribution in [0.4, 0.5) is 5.69 Å². The Balaban J connectivity index is 1.92. The van der Waals surface area contributed by atoms with E-state index in [4.69, 9.17) is 6.42 Å². The highest BCUT2D eigenvalue weighted by Crippen LogP contribution is 2.37. The molecule has 25 heavy (non-hydrogen) atoms. The highest BCUT2D eigenvalue weighted by molar-refractivity contribution is 7.89. The minimum absolute atomic E-state index is 0.0815. The highest BCUT2D eigenvalue weighted by atomic mass is 32.2. The second-order valence-electron chi connectivity index (χ2n) is 5.84. The van der Waals surface area contributed by atoms with E-state index in [1.54, 1.807) is 18.2 Å². The van der Waals surface area contributed by atoms with E-state index >= 15 is 0 Å². The molecule has 0 saturated carbocycles. The first kappa shape index (κ1) is 18.9. The monoisotopic (exact) mass is 363 g/mol. The minimum atomic E-state index is -3.62. The maximum atomic E-state index is 12.3. The molecule has 0 bridgehead atoms. The summed E-state index contributed by atoms with van der Waals surface area (Å²) in [5.41, 5.74) is 4.97. The molecular formula is C16H21N5O3S. The quantitative estimate of drug-likeness (QED) is 0.515. The summed E-state index contributed by atoms with van der Waals surface area (Å²) in [6.07, 6.45) is 7.09. The number of terminal acetylenes is 1. The number of nitrogens with one attached hydrogen (secondary N) is 2. The third-order valence-electron chi connectivity index (χ3n) is 3.79. The van der Waals surface area contributed by atoms with Crippen molar-refractivity contribution in [1.82, 2.24) is 9.73 Å². The van der Waals surface area contributed by atoms with Crippen molar-refractivity contribution in [3.63, 3.8) is 0 Å². The lowest BCUT2D eigenvalue weighted by Crippen LogP contribution is -2.32. The summed E-state index contributed by atoms with van der Waals surface area (Å²) in [5.74, 6) is 2.25. The van der Waals surface area contributed by atoms with Gasteiger partial charge in [0.25, 0.3) is 0 Å². The van der Waals surface area contributed by atoms with Gasteiger partial charge in [-0.25, -0.2) is 12.7 Å². The van der Waals surface area contributed by atoms with E-state index in [9.17, 15) is 13.2 Å². The molecule has 0 spiro atoms. The van der Waals surface area contributed by atoms with Crippen LogP contribution in [0.2, 0.25) is 0 Å². The summed E-state index contributed by atoms with van der Waals surface area (Å²) >= 11 is 0. The van der Waals surface area contributed by atoms with Crippen molar-refractivity contribution in [2.75, 3.05) is 19.5 Å². The van der Waals surface area contributed by atoms with Gasteiger partial charge in [0.1, 0.15) is 4.90 Å². The Morgan fingerprint density at radius 3 is 2.56 bits per heavy atom. The summed E-state index contributed by atoms with van der Waals surface area (Å²) < 4.78 is 25.7. The molecule has 2 rings (SSSR count). The number of hydrogen-bond acceptors (Lipinski definition) is 6. The number of amides is 1. The van der Waals surface area contributed by atoms with E-state index < -0.39 is 15.7 Å². The van der Waals surface area contributed by atoms with Gasteiger partial charge in [-0.3, -0.25) is 15.6 Å². The summed E-state index contributed by atoms with van der Waals surface area (Å²) in [4.78, 5) is 12.1. The zero-order valence-electron chi connectivity index (χ0n) is 14.2. The lowest BCUT2D eigenvalue weighted by Gasteiger charge is -2.16. The largest absolute Gasteiger partial charge is 0.297 e. The first-order chi connectivity index (χ1) is 11.8. The topological polar surface area (TPSA) is 103 Å². The Kier molecular flexibility index (Phi) is 5.77. The molecule has 8 nitrogen and oxygen atoms in total. The molecule has 1 aromatic carbocycles. The Bertz CT molecular complexity index is 805. The molecule has 9 heteroatoms. The van der Waals surface area contributed by atoms with Gasteiger partial charge in [-0.15, -0.1) is 12.3 Å². The van der Waals surface area contributed by atoms with Crippen LogP contribution < -0.4 is 10.9 Å². The van der Waals surface area contributed by atoms with Crippen molar-refractivity contribution >= 4 is 21.6 Å². The standard InChI is InChI=1S/C16H21N5O3S/c1-4-5-11-16(19-20-16)12-10-15(22)18-17-13-8-6-7-9-14(13)25(23,24)21(2)3/h1,6-9,17H,5,10-12H2,2-3H3,(H,18,22). The van der Waals surface area contributed by atoms with Crippen LogP contribution in [0.25, 0.3) is 0 Å². The molecule has 1 aromatic rings.